The highest BCUT2D eigenvalue weighted by molar-refractivity contribution is 7.89. The van der Waals surface area contributed by atoms with E-state index in [2.05, 4.69) is 15.7 Å². The molecule has 0 bridgehead atoms. The first-order valence-corrected chi connectivity index (χ1v) is 7.76. The lowest BCUT2D eigenvalue weighted by molar-refractivity contribution is 0.583. The van der Waals surface area contributed by atoms with Gasteiger partial charge in [0.15, 0.2) is 0 Å². The van der Waals surface area contributed by atoms with Crippen LogP contribution in [0.25, 0.3) is 0 Å². The van der Waals surface area contributed by atoms with E-state index in [1.165, 1.54) is 6.21 Å². The summed E-state index contributed by atoms with van der Waals surface area (Å²) in [5.74, 6) is 0. The molecule has 0 aromatic heterocycles. The van der Waals surface area contributed by atoms with Crippen LogP contribution in [0.4, 0.5) is 0 Å². The molecule has 0 saturated heterocycles. The molecule has 1 N–H and O–H groups in total. The van der Waals surface area contributed by atoms with Crippen LogP contribution in [-0.4, -0.2) is 14.6 Å². The second-order valence-corrected chi connectivity index (χ2v) is 6.75. The smallest absolute Gasteiger partial charge is 0.200 e. The van der Waals surface area contributed by atoms with E-state index in [0.717, 1.165) is 5.56 Å². The number of hydrogen-bond donors (Lipinski definition) is 1. The van der Waals surface area contributed by atoms with Gasteiger partial charge in [-0.15, -0.1) is 5.73 Å². The number of rotatable bonds is 5. The highest BCUT2D eigenvalue weighted by atomic mass is 32.2. The van der Waals surface area contributed by atoms with Crippen molar-refractivity contribution in [2.24, 2.45) is 10.5 Å². The van der Waals surface area contributed by atoms with E-state index in [0.29, 0.717) is 0 Å². The minimum absolute atomic E-state index is 0.196. The largest absolute Gasteiger partial charge is 0.276 e. The summed E-state index contributed by atoms with van der Waals surface area (Å²) >= 11 is 0. The van der Waals surface area contributed by atoms with E-state index in [1.54, 1.807) is 30.3 Å². The van der Waals surface area contributed by atoms with Crippen LogP contribution in [0.1, 0.15) is 26.3 Å². The van der Waals surface area contributed by atoms with Gasteiger partial charge in [-0.2, -0.15) is 13.5 Å². The van der Waals surface area contributed by atoms with Gasteiger partial charge in [-0.3, -0.25) is 0 Å². The Morgan fingerprint density at radius 3 is 2.40 bits per heavy atom. The molecular formula is C15H20N2O2S. The molecule has 0 heterocycles. The maximum absolute atomic E-state index is 12.0. The van der Waals surface area contributed by atoms with Crippen molar-refractivity contribution in [3.8, 4) is 0 Å². The Morgan fingerprint density at radius 1 is 1.25 bits per heavy atom. The monoisotopic (exact) mass is 292 g/mol. The predicted molar refractivity (Wildman–Crippen MR) is 82.1 cm³/mol. The molecule has 0 aliphatic rings. The highest BCUT2D eigenvalue weighted by Gasteiger charge is 2.14. The standard InChI is InChI=1S/C15H20N2O2S/c1-5-6-11-15(3,4)12-16-17-20(18,19)14-9-7-13(2)8-10-14/h5,7-12,17H,1-4H3/b16-12+. The Hall–Kier alpha value is -1.84. The van der Waals surface area contributed by atoms with Crippen molar-refractivity contribution >= 4 is 16.2 Å². The number of sulfonamides is 1. The average Bonchev–Trinajstić information content (AvgIpc) is 2.36. The third-order valence-corrected chi connectivity index (χ3v) is 3.76. The van der Waals surface area contributed by atoms with Crippen LogP contribution in [0, 0.1) is 12.3 Å². The third-order valence-electron chi connectivity index (χ3n) is 2.52. The van der Waals surface area contributed by atoms with Crippen molar-refractivity contribution in [3.05, 3.63) is 47.7 Å². The first-order chi connectivity index (χ1) is 9.27. The highest BCUT2D eigenvalue weighted by Crippen LogP contribution is 2.13. The molecule has 0 unspecified atom stereocenters. The molecule has 0 atom stereocenters. The minimum atomic E-state index is -3.61. The van der Waals surface area contributed by atoms with Crippen LogP contribution in [0.15, 0.2) is 52.1 Å². The number of allylic oxidation sites excluding steroid dienone is 1. The number of nitrogens with one attached hydrogen (secondary N) is 1. The lowest BCUT2D eigenvalue weighted by atomic mass is 9.96. The number of hydrogen-bond acceptors (Lipinski definition) is 3. The van der Waals surface area contributed by atoms with E-state index in [4.69, 9.17) is 0 Å². The predicted octanol–water partition coefficient (Wildman–Crippen LogP) is 3.02. The fourth-order valence-corrected chi connectivity index (χ4v) is 2.16. The number of nitrogens with zero attached hydrogens (tertiary/aromatic N) is 1. The zero-order valence-corrected chi connectivity index (χ0v) is 13.0. The fourth-order valence-electron chi connectivity index (χ4n) is 1.37. The van der Waals surface area contributed by atoms with E-state index < -0.39 is 10.0 Å². The quantitative estimate of drug-likeness (QED) is 0.515. The van der Waals surface area contributed by atoms with Gasteiger partial charge < -0.3 is 0 Å². The van der Waals surface area contributed by atoms with Crippen molar-refractivity contribution in [3.63, 3.8) is 0 Å². The molecule has 0 aliphatic heterocycles. The second-order valence-electron chi connectivity index (χ2n) is 5.09. The Morgan fingerprint density at radius 2 is 1.85 bits per heavy atom. The van der Waals surface area contributed by atoms with Gasteiger partial charge in [0, 0.05) is 11.6 Å². The van der Waals surface area contributed by atoms with Crippen molar-refractivity contribution < 1.29 is 8.42 Å². The molecule has 1 aromatic carbocycles. The van der Waals surface area contributed by atoms with Crippen molar-refractivity contribution in [2.45, 2.75) is 32.6 Å². The van der Waals surface area contributed by atoms with Crippen molar-refractivity contribution in [1.29, 1.82) is 0 Å². The molecule has 5 heteroatoms. The SMILES string of the molecule is CC=C=CC(C)(C)/C=N/NS(=O)(=O)c1ccc(C)cc1. The van der Waals surface area contributed by atoms with E-state index in [-0.39, 0.29) is 10.3 Å². The Bertz CT molecular complexity index is 635. The van der Waals surface area contributed by atoms with Gasteiger partial charge in [0.25, 0.3) is 10.0 Å². The first kappa shape index (κ1) is 16.2. The van der Waals surface area contributed by atoms with E-state index in [1.807, 2.05) is 33.8 Å². The lowest BCUT2D eigenvalue weighted by Gasteiger charge is -2.11. The fraction of sp³-hybridized carbons (Fsp3) is 0.333. The summed E-state index contributed by atoms with van der Waals surface area (Å²) < 4.78 is 24.0. The zero-order valence-electron chi connectivity index (χ0n) is 12.2. The summed E-state index contributed by atoms with van der Waals surface area (Å²) in [5, 5.41) is 3.82. The van der Waals surface area contributed by atoms with Gasteiger partial charge in [0.2, 0.25) is 0 Å². The van der Waals surface area contributed by atoms with Gasteiger partial charge in [0.05, 0.1) is 4.90 Å². The first-order valence-electron chi connectivity index (χ1n) is 6.28. The number of aryl methyl sites for hydroxylation is 1. The van der Waals surface area contributed by atoms with E-state index in [9.17, 15) is 8.42 Å². The maximum Gasteiger partial charge on any atom is 0.276 e. The summed E-state index contributed by atoms with van der Waals surface area (Å²) in [7, 11) is -3.61. The van der Waals surface area contributed by atoms with Crippen LogP contribution < -0.4 is 4.83 Å². The molecule has 20 heavy (non-hydrogen) atoms. The Labute approximate surface area is 121 Å². The molecule has 108 valence electrons. The summed E-state index contributed by atoms with van der Waals surface area (Å²) in [4.78, 5) is 2.41. The molecule has 0 amide bonds. The van der Waals surface area contributed by atoms with Crippen molar-refractivity contribution in [1.82, 2.24) is 4.83 Å². The van der Waals surface area contributed by atoms with Crippen LogP contribution in [0.2, 0.25) is 0 Å². The molecule has 1 rings (SSSR count). The van der Waals surface area contributed by atoms with Crippen LogP contribution in [0.3, 0.4) is 0 Å². The Kier molecular flexibility index (Phi) is 5.31. The van der Waals surface area contributed by atoms with Gasteiger partial charge in [-0.25, -0.2) is 4.83 Å². The molecule has 0 fully saturated rings. The van der Waals surface area contributed by atoms with Gasteiger partial charge >= 0.3 is 0 Å². The minimum Gasteiger partial charge on any atom is -0.200 e. The number of hydrazone groups is 1. The second kappa shape index (κ2) is 6.55. The third kappa shape index (κ3) is 5.03. The lowest BCUT2D eigenvalue weighted by Crippen LogP contribution is -2.20. The van der Waals surface area contributed by atoms with Crippen molar-refractivity contribution in [2.75, 3.05) is 0 Å². The molecule has 1 aromatic rings. The van der Waals surface area contributed by atoms with Gasteiger partial charge in [0.1, 0.15) is 0 Å². The summed E-state index contributed by atoms with van der Waals surface area (Å²) in [6, 6.07) is 6.60. The van der Waals surface area contributed by atoms with Crippen LogP contribution in [0.5, 0.6) is 0 Å². The zero-order chi connectivity index (χ0) is 15.2. The van der Waals surface area contributed by atoms with Gasteiger partial charge in [-0.1, -0.05) is 31.5 Å². The van der Waals surface area contributed by atoms with Crippen LogP contribution in [-0.2, 0) is 10.0 Å². The number of benzene rings is 1. The molecular weight excluding hydrogens is 272 g/mol. The van der Waals surface area contributed by atoms with Gasteiger partial charge in [-0.05, 0) is 38.1 Å². The summed E-state index contributed by atoms with van der Waals surface area (Å²) in [6.07, 6.45) is 5.14. The average molecular weight is 292 g/mol. The topological polar surface area (TPSA) is 58.5 Å². The van der Waals surface area contributed by atoms with E-state index >= 15 is 0 Å². The summed E-state index contributed by atoms with van der Waals surface area (Å²) in [5.41, 5.74) is 3.59. The Balaban J connectivity index is 2.83. The molecule has 0 aliphatic carbocycles. The maximum atomic E-state index is 12.0. The summed E-state index contributed by atoms with van der Waals surface area (Å²) in [6.45, 7) is 7.59. The molecule has 0 spiro atoms. The normalized spacial score (nSPS) is 12.0. The molecule has 0 saturated carbocycles. The van der Waals surface area contributed by atoms with Crippen LogP contribution >= 0.6 is 0 Å². The molecule has 0 radical (unpaired) electrons. The molecule has 4 nitrogen and oxygen atoms in total.